The van der Waals surface area contributed by atoms with E-state index in [1.165, 1.54) is 38.5 Å². The SMILES string of the molecule is CCC1CCCC1CCCOC. The van der Waals surface area contributed by atoms with Crippen molar-refractivity contribution in [2.75, 3.05) is 13.7 Å². The van der Waals surface area contributed by atoms with Gasteiger partial charge in [-0.05, 0) is 24.7 Å². The Morgan fingerprint density at radius 3 is 2.67 bits per heavy atom. The summed E-state index contributed by atoms with van der Waals surface area (Å²) in [7, 11) is 1.80. The first kappa shape index (κ1) is 10.0. The molecular weight excluding hydrogens is 148 g/mol. The maximum atomic E-state index is 5.07. The van der Waals surface area contributed by atoms with E-state index in [9.17, 15) is 0 Å². The summed E-state index contributed by atoms with van der Waals surface area (Å²) >= 11 is 0. The van der Waals surface area contributed by atoms with Crippen molar-refractivity contribution in [2.45, 2.75) is 45.4 Å². The van der Waals surface area contributed by atoms with Gasteiger partial charge in [0.1, 0.15) is 0 Å². The first-order chi connectivity index (χ1) is 5.88. The fourth-order valence-electron chi connectivity index (χ4n) is 2.52. The van der Waals surface area contributed by atoms with Crippen LogP contribution in [0.4, 0.5) is 0 Å². The van der Waals surface area contributed by atoms with Gasteiger partial charge in [-0.15, -0.1) is 0 Å². The minimum Gasteiger partial charge on any atom is -0.385 e. The highest BCUT2D eigenvalue weighted by Crippen LogP contribution is 2.36. The Labute approximate surface area is 76.5 Å². The molecule has 0 aliphatic heterocycles. The van der Waals surface area contributed by atoms with Gasteiger partial charge in [0.25, 0.3) is 0 Å². The predicted molar refractivity (Wildman–Crippen MR) is 52.2 cm³/mol. The van der Waals surface area contributed by atoms with Gasteiger partial charge in [-0.3, -0.25) is 0 Å². The average Bonchev–Trinajstić information content (AvgIpc) is 2.52. The Kier molecular flexibility index (Phi) is 4.67. The van der Waals surface area contributed by atoms with E-state index in [1.807, 2.05) is 0 Å². The normalized spacial score (nSPS) is 29.5. The Hall–Kier alpha value is -0.0400. The maximum Gasteiger partial charge on any atom is 0.0462 e. The molecule has 0 N–H and O–H groups in total. The highest BCUT2D eigenvalue weighted by molar-refractivity contribution is 4.76. The van der Waals surface area contributed by atoms with E-state index in [2.05, 4.69) is 6.92 Å². The van der Waals surface area contributed by atoms with Crippen LogP contribution in [0.1, 0.15) is 45.4 Å². The van der Waals surface area contributed by atoms with E-state index in [0.29, 0.717) is 0 Å². The van der Waals surface area contributed by atoms with Crippen LogP contribution in [0.25, 0.3) is 0 Å². The zero-order valence-corrected chi connectivity index (χ0v) is 8.51. The smallest absolute Gasteiger partial charge is 0.0462 e. The predicted octanol–water partition coefficient (Wildman–Crippen LogP) is 3.24. The van der Waals surface area contributed by atoms with Crippen molar-refractivity contribution in [3.05, 3.63) is 0 Å². The Morgan fingerprint density at radius 2 is 2.00 bits per heavy atom. The fourth-order valence-corrected chi connectivity index (χ4v) is 2.52. The molecule has 0 radical (unpaired) electrons. The first-order valence-electron chi connectivity index (χ1n) is 5.37. The third-order valence-electron chi connectivity index (χ3n) is 3.26. The molecule has 0 aromatic heterocycles. The number of hydrogen-bond donors (Lipinski definition) is 0. The fraction of sp³-hybridized carbons (Fsp3) is 1.00. The van der Waals surface area contributed by atoms with Crippen molar-refractivity contribution in [3.63, 3.8) is 0 Å². The summed E-state index contributed by atoms with van der Waals surface area (Å²) in [6.45, 7) is 3.28. The van der Waals surface area contributed by atoms with Gasteiger partial charge < -0.3 is 4.74 Å². The summed E-state index contributed by atoms with van der Waals surface area (Å²) in [6.07, 6.45) is 8.47. The van der Waals surface area contributed by atoms with Crippen LogP contribution >= 0.6 is 0 Å². The molecule has 1 nitrogen and oxygen atoms in total. The minimum atomic E-state index is 0.951. The molecule has 0 amide bonds. The molecule has 12 heavy (non-hydrogen) atoms. The van der Waals surface area contributed by atoms with Gasteiger partial charge in [-0.25, -0.2) is 0 Å². The molecule has 1 fully saturated rings. The average molecular weight is 170 g/mol. The monoisotopic (exact) mass is 170 g/mol. The molecule has 0 aromatic rings. The second-order valence-corrected chi connectivity index (χ2v) is 3.99. The maximum absolute atomic E-state index is 5.07. The molecule has 1 heteroatoms. The third kappa shape index (κ3) is 2.78. The van der Waals surface area contributed by atoms with Crippen LogP contribution in [-0.2, 0) is 4.74 Å². The minimum absolute atomic E-state index is 0.951. The van der Waals surface area contributed by atoms with Crippen LogP contribution in [0.3, 0.4) is 0 Å². The van der Waals surface area contributed by atoms with Crippen molar-refractivity contribution in [1.29, 1.82) is 0 Å². The molecule has 2 atom stereocenters. The zero-order valence-electron chi connectivity index (χ0n) is 8.51. The van der Waals surface area contributed by atoms with Gasteiger partial charge in [-0.1, -0.05) is 32.6 Å². The summed E-state index contributed by atoms with van der Waals surface area (Å²) in [4.78, 5) is 0. The van der Waals surface area contributed by atoms with Crippen molar-refractivity contribution in [1.82, 2.24) is 0 Å². The molecule has 0 aromatic carbocycles. The zero-order chi connectivity index (χ0) is 8.81. The molecule has 72 valence electrons. The summed E-state index contributed by atoms with van der Waals surface area (Å²) in [5, 5.41) is 0. The van der Waals surface area contributed by atoms with Crippen LogP contribution < -0.4 is 0 Å². The largest absolute Gasteiger partial charge is 0.385 e. The Bertz CT molecular complexity index is 112. The van der Waals surface area contributed by atoms with Crippen molar-refractivity contribution in [3.8, 4) is 0 Å². The highest BCUT2D eigenvalue weighted by atomic mass is 16.5. The van der Waals surface area contributed by atoms with E-state index >= 15 is 0 Å². The lowest BCUT2D eigenvalue weighted by atomic mass is 9.90. The van der Waals surface area contributed by atoms with Crippen LogP contribution in [0.2, 0.25) is 0 Å². The van der Waals surface area contributed by atoms with Crippen LogP contribution in [0.15, 0.2) is 0 Å². The summed E-state index contributed by atoms with van der Waals surface area (Å²) in [5.41, 5.74) is 0. The van der Waals surface area contributed by atoms with Gasteiger partial charge in [-0.2, -0.15) is 0 Å². The van der Waals surface area contributed by atoms with Gasteiger partial charge in [0.05, 0.1) is 0 Å². The molecule has 1 rings (SSSR count). The lowest BCUT2D eigenvalue weighted by molar-refractivity contribution is 0.182. The van der Waals surface area contributed by atoms with E-state index in [-0.39, 0.29) is 0 Å². The Morgan fingerprint density at radius 1 is 1.25 bits per heavy atom. The van der Waals surface area contributed by atoms with E-state index in [1.54, 1.807) is 7.11 Å². The van der Waals surface area contributed by atoms with E-state index in [4.69, 9.17) is 4.74 Å². The van der Waals surface area contributed by atoms with Gasteiger partial charge >= 0.3 is 0 Å². The molecule has 0 saturated heterocycles. The molecular formula is C11H22O. The summed E-state index contributed by atoms with van der Waals surface area (Å²) in [5.74, 6) is 2.05. The molecule has 1 aliphatic rings. The van der Waals surface area contributed by atoms with Crippen LogP contribution in [0.5, 0.6) is 0 Å². The topological polar surface area (TPSA) is 9.23 Å². The standard InChI is InChI=1S/C11H22O/c1-3-10-6-4-7-11(10)8-5-9-12-2/h10-11H,3-9H2,1-2H3. The van der Waals surface area contributed by atoms with Crippen molar-refractivity contribution >= 4 is 0 Å². The van der Waals surface area contributed by atoms with Gasteiger partial charge in [0.2, 0.25) is 0 Å². The van der Waals surface area contributed by atoms with Crippen LogP contribution in [0, 0.1) is 11.8 Å². The quantitative estimate of drug-likeness (QED) is 0.575. The van der Waals surface area contributed by atoms with Crippen LogP contribution in [-0.4, -0.2) is 13.7 Å². The highest BCUT2D eigenvalue weighted by Gasteiger charge is 2.24. The van der Waals surface area contributed by atoms with Crippen molar-refractivity contribution in [2.24, 2.45) is 11.8 Å². The molecule has 1 saturated carbocycles. The molecule has 0 bridgehead atoms. The molecule has 1 aliphatic carbocycles. The van der Waals surface area contributed by atoms with Crippen molar-refractivity contribution < 1.29 is 4.74 Å². The lowest BCUT2D eigenvalue weighted by Crippen LogP contribution is -2.07. The van der Waals surface area contributed by atoms with E-state index < -0.39 is 0 Å². The third-order valence-corrected chi connectivity index (χ3v) is 3.26. The van der Waals surface area contributed by atoms with Gasteiger partial charge in [0.15, 0.2) is 0 Å². The second kappa shape index (κ2) is 5.58. The molecule has 2 unspecified atom stereocenters. The number of methoxy groups -OCH3 is 1. The second-order valence-electron chi connectivity index (χ2n) is 3.99. The molecule has 0 heterocycles. The first-order valence-corrected chi connectivity index (χ1v) is 5.37. The van der Waals surface area contributed by atoms with Gasteiger partial charge in [0, 0.05) is 13.7 Å². The van der Waals surface area contributed by atoms with E-state index in [0.717, 1.165) is 18.4 Å². The number of ether oxygens (including phenoxy) is 1. The number of hydrogen-bond acceptors (Lipinski definition) is 1. The summed E-state index contributed by atoms with van der Waals surface area (Å²) < 4.78 is 5.07. The molecule has 0 spiro atoms. The Balaban J connectivity index is 2.12. The summed E-state index contributed by atoms with van der Waals surface area (Å²) in [6, 6.07) is 0. The lowest BCUT2D eigenvalue weighted by Gasteiger charge is -2.17. The number of rotatable bonds is 5.